The summed E-state index contributed by atoms with van der Waals surface area (Å²) in [4.78, 5) is 39.8. The zero-order chi connectivity index (χ0) is 18.3. The number of imide groups is 1. The Morgan fingerprint density at radius 1 is 1.04 bits per heavy atom. The number of hydrogen-bond donors (Lipinski definition) is 1. The summed E-state index contributed by atoms with van der Waals surface area (Å²) < 4.78 is 0. The van der Waals surface area contributed by atoms with Gasteiger partial charge in [-0.15, -0.1) is 0 Å². The van der Waals surface area contributed by atoms with E-state index in [1.807, 2.05) is 17.0 Å². The summed E-state index contributed by atoms with van der Waals surface area (Å²) >= 11 is 0. The second-order valence-corrected chi connectivity index (χ2v) is 6.63. The van der Waals surface area contributed by atoms with Gasteiger partial charge in [0.25, 0.3) is 5.91 Å². The molecule has 0 saturated carbocycles. The first kappa shape index (κ1) is 16.5. The van der Waals surface area contributed by atoms with Crippen LogP contribution in [0.3, 0.4) is 0 Å². The van der Waals surface area contributed by atoms with E-state index in [1.54, 1.807) is 12.1 Å². The number of rotatable bonds is 3. The lowest BCUT2D eigenvalue weighted by atomic mass is 9.98. The van der Waals surface area contributed by atoms with E-state index in [1.165, 1.54) is 23.3 Å². The van der Waals surface area contributed by atoms with Crippen LogP contribution in [-0.2, 0) is 22.6 Å². The number of fused-ring (bicyclic) bond motifs is 1. The number of carboxylic acids is 1. The van der Waals surface area contributed by atoms with Gasteiger partial charge in [-0.25, -0.2) is 9.69 Å². The standard InChI is InChI=1S/C20H18N2O4/c23-18-11-17(21-9-8-13-4-1-2-5-15(13)12-21)19(24)22(18)16-7-3-6-14(10-16)20(25)26/h1-7,10,17H,8-9,11-12H2,(H,25,26). The highest BCUT2D eigenvalue weighted by Crippen LogP contribution is 2.29. The second-order valence-electron chi connectivity index (χ2n) is 6.63. The molecule has 0 radical (unpaired) electrons. The maximum absolute atomic E-state index is 12.9. The molecular weight excluding hydrogens is 332 g/mol. The van der Waals surface area contributed by atoms with Crippen molar-refractivity contribution in [3.63, 3.8) is 0 Å². The van der Waals surface area contributed by atoms with E-state index in [0.717, 1.165) is 17.9 Å². The number of benzene rings is 2. The molecule has 1 N–H and O–H groups in total. The molecule has 1 fully saturated rings. The number of carbonyl (C=O) groups is 3. The van der Waals surface area contributed by atoms with Gasteiger partial charge in [-0.2, -0.15) is 0 Å². The summed E-state index contributed by atoms with van der Waals surface area (Å²) in [5, 5.41) is 9.14. The van der Waals surface area contributed by atoms with Gasteiger partial charge in [0.05, 0.1) is 23.7 Å². The van der Waals surface area contributed by atoms with Crippen LogP contribution < -0.4 is 4.90 Å². The monoisotopic (exact) mass is 350 g/mol. The molecule has 26 heavy (non-hydrogen) atoms. The molecule has 0 spiro atoms. The molecule has 1 saturated heterocycles. The van der Waals surface area contributed by atoms with Crippen LogP contribution in [0.15, 0.2) is 48.5 Å². The molecule has 2 heterocycles. The molecule has 2 aromatic carbocycles. The SMILES string of the molecule is O=C(O)c1cccc(N2C(=O)CC(N3CCc4ccccc4C3)C2=O)c1. The van der Waals surface area contributed by atoms with Gasteiger partial charge in [0.15, 0.2) is 0 Å². The van der Waals surface area contributed by atoms with Gasteiger partial charge in [0.1, 0.15) is 0 Å². The van der Waals surface area contributed by atoms with Gasteiger partial charge in [-0.3, -0.25) is 14.5 Å². The number of hydrogen-bond acceptors (Lipinski definition) is 4. The number of carbonyl (C=O) groups excluding carboxylic acids is 2. The molecule has 4 rings (SSSR count). The van der Waals surface area contributed by atoms with Crippen molar-refractivity contribution >= 4 is 23.5 Å². The fourth-order valence-electron chi connectivity index (χ4n) is 3.73. The third-order valence-corrected chi connectivity index (χ3v) is 5.08. The first-order valence-electron chi connectivity index (χ1n) is 8.55. The van der Waals surface area contributed by atoms with Crippen LogP contribution in [0.25, 0.3) is 0 Å². The summed E-state index contributed by atoms with van der Waals surface area (Å²) in [7, 11) is 0. The van der Waals surface area contributed by atoms with E-state index in [4.69, 9.17) is 5.11 Å². The highest BCUT2D eigenvalue weighted by atomic mass is 16.4. The molecule has 2 aliphatic rings. The molecular formula is C20H18N2O4. The van der Waals surface area contributed by atoms with Crippen molar-refractivity contribution < 1.29 is 19.5 Å². The fraction of sp³-hybridized carbons (Fsp3) is 0.250. The molecule has 2 aromatic rings. The Morgan fingerprint density at radius 2 is 1.81 bits per heavy atom. The smallest absolute Gasteiger partial charge is 0.335 e. The minimum absolute atomic E-state index is 0.0541. The van der Waals surface area contributed by atoms with Crippen molar-refractivity contribution in [3.8, 4) is 0 Å². The highest BCUT2D eigenvalue weighted by Gasteiger charge is 2.43. The highest BCUT2D eigenvalue weighted by molar-refractivity contribution is 6.22. The molecule has 0 aromatic heterocycles. The lowest BCUT2D eigenvalue weighted by Crippen LogP contribution is -2.44. The van der Waals surface area contributed by atoms with E-state index in [-0.39, 0.29) is 23.8 Å². The zero-order valence-electron chi connectivity index (χ0n) is 14.1. The average Bonchev–Trinajstić information content (AvgIpc) is 2.95. The first-order valence-corrected chi connectivity index (χ1v) is 8.55. The first-order chi connectivity index (χ1) is 12.5. The van der Waals surface area contributed by atoms with E-state index in [9.17, 15) is 14.4 Å². The summed E-state index contributed by atoms with van der Waals surface area (Å²) in [5.41, 5.74) is 2.84. The Bertz CT molecular complexity index is 908. The molecule has 0 bridgehead atoms. The number of anilines is 1. The van der Waals surface area contributed by atoms with E-state index >= 15 is 0 Å². The molecule has 1 atom stereocenters. The van der Waals surface area contributed by atoms with Gasteiger partial charge in [0.2, 0.25) is 5.91 Å². The largest absolute Gasteiger partial charge is 0.478 e. The quantitative estimate of drug-likeness (QED) is 0.858. The van der Waals surface area contributed by atoms with Crippen molar-refractivity contribution in [2.75, 3.05) is 11.4 Å². The lowest BCUT2D eigenvalue weighted by Gasteiger charge is -2.32. The van der Waals surface area contributed by atoms with Crippen molar-refractivity contribution in [1.29, 1.82) is 0 Å². The maximum Gasteiger partial charge on any atom is 0.335 e. The third-order valence-electron chi connectivity index (χ3n) is 5.08. The average molecular weight is 350 g/mol. The minimum Gasteiger partial charge on any atom is -0.478 e. The topological polar surface area (TPSA) is 77.9 Å². The van der Waals surface area contributed by atoms with Gasteiger partial charge in [0, 0.05) is 13.1 Å². The van der Waals surface area contributed by atoms with Gasteiger partial charge >= 0.3 is 5.97 Å². The maximum atomic E-state index is 12.9. The molecule has 1 unspecified atom stereocenters. The molecule has 6 heteroatoms. The fourth-order valence-corrected chi connectivity index (χ4v) is 3.73. The Kier molecular flexibility index (Phi) is 4.05. The Hall–Kier alpha value is -2.99. The molecule has 132 valence electrons. The van der Waals surface area contributed by atoms with Crippen LogP contribution in [0.5, 0.6) is 0 Å². The predicted molar refractivity (Wildman–Crippen MR) is 94.9 cm³/mol. The predicted octanol–water partition coefficient (Wildman–Crippen LogP) is 2.08. The molecule has 2 amide bonds. The van der Waals surface area contributed by atoms with E-state index in [0.29, 0.717) is 12.2 Å². The number of nitrogens with zero attached hydrogens (tertiary/aromatic N) is 2. The Labute approximate surface area is 150 Å². The van der Waals surface area contributed by atoms with Crippen molar-refractivity contribution in [2.24, 2.45) is 0 Å². The molecule has 0 aliphatic carbocycles. The Morgan fingerprint density at radius 3 is 2.58 bits per heavy atom. The minimum atomic E-state index is -1.09. The lowest BCUT2D eigenvalue weighted by molar-refractivity contribution is -0.123. The van der Waals surface area contributed by atoms with Crippen molar-refractivity contribution in [1.82, 2.24) is 4.90 Å². The Balaban J connectivity index is 1.58. The van der Waals surface area contributed by atoms with Crippen LogP contribution >= 0.6 is 0 Å². The zero-order valence-corrected chi connectivity index (χ0v) is 14.1. The number of carboxylic acid groups (broad SMARTS) is 1. The number of aromatic carboxylic acids is 1. The van der Waals surface area contributed by atoms with Crippen LogP contribution in [0.4, 0.5) is 5.69 Å². The van der Waals surface area contributed by atoms with Crippen LogP contribution in [0, 0.1) is 0 Å². The van der Waals surface area contributed by atoms with Crippen LogP contribution in [0.2, 0.25) is 0 Å². The summed E-state index contributed by atoms with van der Waals surface area (Å²) in [6.45, 7) is 1.37. The van der Waals surface area contributed by atoms with Gasteiger partial charge in [-0.05, 0) is 35.7 Å². The van der Waals surface area contributed by atoms with E-state index < -0.39 is 12.0 Å². The van der Waals surface area contributed by atoms with Crippen molar-refractivity contribution in [3.05, 3.63) is 65.2 Å². The van der Waals surface area contributed by atoms with Gasteiger partial charge < -0.3 is 5.11 Å². The van der Waals surface area contributed by atoms with Crippen LogP contribution in [-0.4, -0.2) is 40.4 Å². The van der Waals surface area contributed by atoms with Crippen LogP contribution in [0.1, 0.15) is 27.9 Å². The molecule has 6 nitrogen and oxygen atoms in total. The summed E-state index contributed by atoms with van der Waals surface area (Å²) in [5.74, 6) is -1.66. The third kappa shape index (κ3) is 2.78. The summed E-state index contributed by atoms with van der Waals surface area (Å²) in [6.07, 6.45) is 0.973. The van der Waals surface area contributed by atoms with Crippen molar-refractivity contribution in [2.45, 2.75) is 25.4 Å². The summed E-state index contributed by atoms with van der Waals surface area (Å²) in [6, 6.07) is 13.6. The normalized spacial score (nSPS) is 20.3. The van der Waals surface area contributed by atoms with Gasteiger partial charge in [-0.1, -0.05) is 30.3 Å². The second kappa shape index (κ2) is 6.38. The number of amides is 2. The van der Waals surface area contributed by atoms with E-state index in [2.05, 4.69) is 12.1 Å². The molecule has 2 aliphatic heterocycles.